The third kappa shape index (κ3) is 3.26. The van der Waals surface area contributed by atoms with E-state index < -0.39 is 0 Å². The zero-order chi connectivity index (χ0) is 12.1. The summed E-state index contributed by atoms with van der Waals surface area (Å²) in [4.78, 5) is 4.28. The first-order valence-electron chi connectivity index (χ1n) is 6.46. The van der Waals surface area contributed by atoms with Crippen molar-refractivity contribution in [1.82, 2.24) is 10.1 Å². The summed E-state index contributed by atoms with van der Waals surface area (Å²) in [6.07, 6.45) is 5.62. The maximum Gasteiger partial charge on any atom is 0.252 e. The van der Waals surface area contributed by atoms with Crippen LogP contribution in [0.3, 0.4) is 0 Å². The Morgan fingerprint density at radius 2 is 2.35 bits per heavy atom. The van der Waals surface area contributed by atoms with Gasteiger partial charge < -0.3 is 15.0 Å². The van der Waals surface area contributed by atoms with E-state index in [0.29, 0.717) is 25.0 Å². The molecule has 1 aromatic rings. The molecule has 1 fully saturated rings. The van der Waals surface area contributed by atoms with E-state index in [0.717, 1.165) is 25.1 Å². The van der Waals surface area contributed by atoms with Gasteiger partial charge in [-0.05, 0) is 31.7 Å². The van der Waals surface area contributed by atoms with Gasteiger partial charge in [-0.25, -0.2) is 0 Å². The van der Waals surface area contributed by atoms with Crippen LogP contribution in [-0.2, 0) is 17.8 Å². The van der Waals surface area contributed by atoms with E-state index in [1.165, 1.54) is 12.8 Å². The molecule has 0 radical (unpaired) electrons. The lowest BCUT2D eigenvalue weighted by Crippen LogP contribution is -2.25. The van der Waals surface area contributed by atoms with Crippen molar-refractivity contribution < 1.29 is 9.26 Å². The fourth-order valence-electron chi connectivity index (χ4n) is 2.34. The normalized spacial score (nSPS) is 24.4. The Hall–Kier alpha value is -0.940. The Kier molecular flexibility index (Phi) is 4.50. The molecule has 5 nitrogen and oxygen atoms in total. The highest BCUT2D eigenvalue weighted by Gasteiger charge is 2.27. The largest absolute Gasteiger partial charge is 0.368 e. The van der Waals surface area contributed by atoms with Gasteiger partial charge >= 0.3 is 0 Å². The van der Waals surface area contributed by atoms with Crippen molar-refractivity contribution in [3.8, 4) is 0 Å². The van der Waals surface area contributed by atoms with Gasteiger partial charge in [-0.3, -0.25) is 0 Å². The molecule has 2 N–H and O–H groups in total. The van der Waals surface area contributed by atoms with E-state index in [4.69, 9.17) is 15.0 Å². The van der Waals surface area contributed by atoms with Crippen LogP contribution in [0.4, 0.5) is 0 Å². The number of rotatable bonds is 6. The molecule has 96 valence electrons. The molecule has 2 rings (SSSR count). The summed E-state index contributed by atoms with van der Waals surface area (Å²) in [6, 6.07) is 0. The Morgan fingerprint density at radius 1 is 1.47 bits per heavy atom. The predicted molar refractivity (Wildman–Crippen MR) is 63.3 cm³/mol. The second kappa shape index (κ2) is 6.12. The van der Waals surface area contributed by atoms with Crippen molar-refractivity contribution in [2.75, 3.05) is 6.54 Å². The minimum atomic E-state index is 0.265. The van der Waals surface area contributed by atoms with Crippen molar-refractivity contribution in [2.45, 2.75) is 51.7 Å². The van der Waals surface area contributed by atoms with Gasteiger partial charge in [0.2, 0.25) is 0 Å². The van der Waals surface area contributed by atoms with Gasteiger partial charge in [0, 0.05) is 6.42 Å². The Balaban J connectivity index is 1.80. The van der Waals surface area contributed by atoms with Crippen LogP contribution in [0.15, 0.2) is 4.52 Å². The Bertz CT molecular complexity index is 340. The molecule has 1 saturated carbocycles. The van der Waals surface area contributed by atoms with Crippen molar-refractivity contribution in [3.05, 3.63) is 11.7 Å². The van der Waals surface area contributed by atoms with Crippen LogP contribution in [0.5, 0.6) is 0 Å². The first-order chi connectivity index (χ1) is 8.33. The molecule has 5 heteroatoms. The van der Waals surface area contributed by atoms with E-state index in [2.05, 4.69) is 17.1 Å². The lowest BCUT2D eigenvalue weighted by atomic mass is 10.1. The third-order valence-corrected chi connectivity index (χ3v) is 3.30. The van der Waals surface area contributed by atoms with Gasteiger partial charge in [-0.1, -0.05) is 18.5 Å². The van der Waals surface area contributed by atoms with Crippen LogP contribution in [0.25, 0.3) is 0 Å². The van der Waals surface area contributed by atoms with Crippen molar-refractivity contribution in [3.63, 3.8) is 0 Å². The highest BCUT2D eigenvalue weighted by molar-refractivity contribution is 4.85. The average Bonchev–Trinajstić information content (AvgIpc) is 2.95. The summed E-state index contributed by atoms with van der Waals surface area (Å²) in [7, 11) is 0. The van der Waals surface area contributed by atoms with E-state index in [1.54, 1.807) is 0 Å². The molecule has 2 unspecified atom stereocenters. The Morgan fingerprint density at radius 3 is 3.12 bits per heavy atom. The fraction of sp³-hybridized carbons (Fsp3) is 0.833. The summed E-state index contributed by atoms with van der Waals surface area (Å²) in [5.41, 5.74) is 5.71. The van der Waals surface area contributed by atoms with Crippen LogP contribution >= 0.6 is 0 Å². The van der Waals surface area contributed by atoms with Gasteiger partial charge in [0.25, 0.3) is 5.89 Å². The predicted octanol–water partition coefficient (Wildman–Crippen LogP) is 1.67. The summed E-state index contributed by atoms with van der Waals surface area (Å²) in [6.45, 7) is 3.21. The maximum absolute atomic E-state index is 5.81. The molecular formula is C12H21N3O2. The van der Waals surface area contributed by atoms with Crippen molar-refractivity contribution in [1.29, 1.82) is 0 Å². The summed E-state index contributed by atoms with van der Waals surface area (Å²) in [5.74, 6) is 1.84. The molecule has 1 heterocycles. The van der Waals surface area contributed by atoms with E-state index >= 15 is 0 Å². The summed E-state index contributed by atoms with van der Waals surface area (Å²) < 4.78 is 10.9. The van der Waals surface area contributed by atoms with Crippen molar-refractivity contribution in [2.24, 2.45) is 11.7 Å². The van der Waals surface area contributed by atoms with E-state index in [1.807, 2.05) is 0 Å². The lowest BCUT2D eigenvalue weighted by molar-refractivity contribution is 0.00567. The average molecular weight is 239 g/mol. The topological polar surface area (TPSA) is 74.2 Å². The zero-order valence-electron chi connectivity index (χ0n) is 10.4. The van der Waals surface area contributed by atoms with Crippen molar-refractivity contribution >= 4 is 0 Å². The number of hydrogen-bond acceptors (Lipinski definition) is 5. The molecular weight excluding hydrogens is 218 g/mol. The first-order valence-corrected chi connectivity index (χ1v) is 6.46. The number of aromatic nitrogens is 2. The number of hydrogen-bond donors (Lipinski definition) is 1. The standard InChI is InChI=1S/C12H21N3O2/c1-2-4-11-14-12(17-15-11)8-16-10-6-3-5-9(10)7-13/h9-10H,2-8,13H2,1H3. The maximum atomic E-state index is 5.81. The highest BCUT2D eigenvalue weighted by Crippen LogP contribution is 2.27. The molecule has 1 aromatic heterocycles. The molecule has 2 atom stereocenters. The summed E-state index contributed by atoms with van der Waals surface area (Å²) in [5, 5.41) is 3.90. The van der Waals surface area contributed by atoms with E-state index in [-0.39, 0.29) is 6.10 Å². The zero-order valence-corrected chi connectivity index (χ0v) is 10.4. The minimum Gasteiger partial charge on any atom is -0.368 e. The Labute approximate surface area is 102 Å². The van der Waals surface area contributed by atoms with Gasteiger partial charge in [0.05, 0.1) is 6.10 Å². The van der Waals surface area contributed by atoms with Gasteiger partial charge in [0.15, 0.2) is 5.82 Å². The number of aryl methyl sites for hydroxylation is 1. The van der Waals surface area contributed by atoms with Crippen LogP contribution in [0.2, 0.25) is 0 Å². The van der Waals surface area contributed by atoms with Crippen LogP contribution in [-0.4, -0.2) is 22.8 Å². The number of ether oxygens (including phenoxy) is 1. The SMILES string of the molecule is CCCc1noc(COC2CCCC2CN)n1. The monoisotopic (exact) mass is 239 g/mol. The van der Waals surface area contributed by atoms with Gasteiger partial charge in [-0.15, -0.1) is 0 Å². The number of nitrogens with zero attached hydrogens (tertiary/aromatic N) is 2. The molecule has 1 aliphatic rings. The molecule has 0 saturated heterocycles. The van der Waals surface area contributed by atoms with Crippen LogP contribution in [0, 0.1) is 5.92 Å². The molecule has 1 aliphatic carbocycles. The first kappa shape index (κ1) is 12.5. The fourth-order valence-corrected chi connectivity index (χ4v) is 2.34. The molecule has 0 aliphatic heterocycles. The third-order valence-electron chi connectivity index (χ3n) is 3.30. The second-order valence-electron chi connectivity index (χ2n) is 4.63. The molecule has 0 spiro atoms. The minimum absolute atomic E-state index is 0.265. The van der Waals surface area contributed by atoms with Crippen LogP contribution in [0.1, 0.15) is 44.3 Å². The summed E-state index contributed by atoms with van der Waals surface area (Å²) >= 11 is 0. The molecule has 17 heavy (non-hydrogen) atoms. The molecule has 0 aromatic carbocycles. The van der Waals surface area contributed by atoms with Crippen LogP contribution < -0.4 is 5.73 Å². The number of nitrogens with two attached hydrogens (primary N) is 1. The quantitative estimate of drug-likeness (QED) is 0.817. The smallest absolute Gasteiger partial charge is 0.252 e. The van der Waals surface area contributed by atoms with Gasteiger partial charge in [0.1, 0.15) is 6.61 Å². The lowest BCUT2D eigenvalue weighted by Gasteiger charge is -2.17. The van der Waals surface area contributed by atoms with E-state index in [9.17, 15) is 0 Å². The van der Waals surface area contributed by atoms with Gasteiger partial charge in [-0.2, -0.15) is 4.98 Å². The second-order valence-corrected chi connectivity index (χ2v) is 4.63. The molecule has 0 amide bonds. The highest BCUT2D eigenvalue weighted by atomic mass is 16.5. The molecule has 0 bridgehead atoms.